The van der Waals surface area contributed by atoms with Crippen molar-refractivity contribution in [1.29, 1.82) is 0 Å². The lowest BCUT2D eigenvalue weighted by Gasteiger charge is -2.29. The maximum atomic E-state index is 10.9. The molecule has 0 unspecified atom stereocenters. The predicted octanol–water partition coefficient (Wildman–Crippen LogP) is 1.77. The molecule has 0 aromatic rings. The van der Waals surface area contributed by atoms with Crippen LogP contribution < -0.4 is 0 Å². The van der Waals surface area contributed by atoms with Crippen LogP contribution >= 0.6 is 0 Å². The fourth-order valence-electron chi connectivity index (χ4n) is 1.57. The molecule has 17 heavy (non-hydrogen) atoms. The molecule has 0 aliphatic heterocycles. The number of carbonyl (C=O) groups excluding carboxylic acids is 2. The van der Waals surface area contributed by atoms with E-state index in [-0.39, 0.29) is 0 Å². The van der Waals surface area contributed by atoms with E-state index in [1.165, 1.54) is 13.8 Å². The number of hydrogen-bond acceptors (Lipinski definition) is 5. The average Bonchev–Trinajstić information content (AvgIpc) is 1.95. The highest BCUT2D eigenvalue weighted by Gasteiger charge is 2.31. The second kappa shape index (κ2) is 6.00. The third-order valence-electron chi connectivity index (χ3n) is 2.14. The Labute approximate surface area is 102 Å². The number of rotatable bonds is 6. The molecular weight excluding hydrogens is 224 g/mol. The lowest BCUT2D eigenvalue weighted by Crippen LogP contribution is -2.36. The monoisotopic (exact) mass is 246 g/mol. The van der Waals surface area contributed by atoms with Gasteiger partial charge in [0.15, 0.2) is 0 Å². The van der Waals surface area contributed by atoms with Gasteiger partial charge in [-0.2, -0.15) is 0 Å². The van der Waals surface area contributed by atoms with Crippen LogP contribution in [0.3, 0.4) is 0 Å². The summed E-state index contributed by atoms with van der Waals surface area (Å²) >= 11 is 0. The van der Waals surface area contributed by atoms with Crippen LogP contribution in [0, 0.1) is 0 Å². The van der Waals surface area contributed by atoms with Crippen LogP contribution in [-0.4, -0.2) is 28.4 Å². The summed E-state index contributed by atoms with van der Waals surface area (Å²) in [5.74, 6) is -2.25. The number of carbonyl (C=O) groups is 2. The summed E-state index contributed by atoms with van der Waals surface area (Å²) in [6, 6.07) is 0. The highest BCUT2D eigenvalue weighted by molar-refractivity contribution is 5.68. The second-order valence-corrected chi connectivity index (χ2v) is 4.99. The van der Waals surface area contributed by atoms with Gasteiger partial charge in [-0.05, 0) is 26.7 Å². The van der Waals surface area contributed by atoms with Crippen LogP contribution in [0.5, 0.6) is 0 Å². The maximum absolute atomic E-state index is 10.9. The average molecular weight is 246 g/mol. The Morgan fingerprint density at radius 3 is 1.71 bits per heavy atom. The van der Waals surface area contributed by atoms with Crippen LogP contribution in [0.15, 0.2) is 0 Å². The molecule has 0 saturated heterocycles. The van der Waals surface area contributed by atoms with Gasteiger partial charge in [0.25, 0.3) is 5.79 Å². The molecule has 1 N–H and O–H groups in total. The van der Waals surface area contributed by atoms with E-state index in [0.717, 1.165) is 0 Å². The Hall–Kier alpha value is -1.10. The summed E-state index contributed by atoms with van der Waals surface area (Å²) in [6.45, 7) is 7.46. The molecule has 0 saturated carbocycles. The fourth-order valence-corrected chi connectivity index (χ4v) is 1.57. The van der Waals surface area contributed by atoms with Gasteiger partial charge < -0.3 is 14.6 Å². The molecule has 5 nitrogen and oxygen atoms in total. The second-order valence-electron chi connectivity index (χ2n) is 4.99. The smallest absolute Gasteiger partial charge is 0.305 e. The fraction of sp³-hybridized carbons (Fsp3) is 0.833. The predicted molar refractivity (Wildman–Crippen MR) is 62.1 cm³/mol. The summed E-state index contributed by atoms with van der Waals surface area (Å²) in [6.07, 6.45) is 1.47. The van der Waals surface area contributed by atoms with Crippen LogP contribution in [0.2, 0.25) is 0 Å². The first-order chi connectivity index (χ1) is 7.54. The zero-order valence-electron chi connectivity index (χ0n) is 11.2. The zero-order valence-corrected chi connectivity index (χ0v) is 11.2. The standard InChI is InChI=1S/C12H22O5/c1-9(13)16-12(5,17-10(2)14)8-6-7-11(3,4)15/h15H,6-8H2,1-5H3. The molecule has 0 spiro atoms. The van der Waals surface area contributed by atoms with Crippen molar-refractivity contribution in [2.75, 3.05) is 0 Å². The van der Waals surface area contributed by atoms with E-state index < -0.39 is 23.3 Å². The van der Waals surface area contributed by atoms with E-state index in [1.807, 2.05) is 0 Å². The molecule has 0 bridgehead atoms. The number of hydrogen-bond donors (Lipinski definition) is 1. The molecule has 0 amide bonds. The van der Waals surface area contributed by atoms with E-state index in [9.17, 15) is 14.7 Å². The molecule has 5 heteroatoms. The summed E-state index contributed by atoms with van der Waals surface area (Å²) in [7, 11) is 0. The first-order valence-electron chi connectivity index (χ1n) is 5.66. The van der Waals surface area contributed by atoms with Crippen LogP contribution in [0.25, 0.3) is 0 Å². The van der Waals surface area contributed by atoms with Crippen LogP contribution in [0.1, 0.15) is 53.9 Å². The minimum Gasteiger partial charge on any atom is -0.423 e. The molecule has 0 aliphatic rings. The van der Waals surface area contributed by atoms with Gasteiger partial charge >= 0.3 is 11.9 Å². The number of ether oxygens (including phenoxy) is 2. The molecule has 0 aromatic carbocycles. The highest BCUT2D eigenvalue weighted by atomic mass is 16.7. The quantitative estimate of drug-likeness (QED) is 0.571. The third-order valence-corrected chi connectivity index (χ3v) is 2.14. The van der Waals surface area contributed by atoms with Crippen molar-refractivity contribution in [3.05, 3.63) is 0 Å². The van der Waals surface area contributed by atoms with Crippen molar-refractivity contribution in [3.63, 3.8) is 0 Å². The van der Waals surface area contributed by atoms with Gasteiger partial charge in [-0.25, -0.2) is 0 Å². The van der Waals surface area contributed by atoms with Gasteiger partial charge in [0.1, 0.15) is 0 Å². The maximum Gasteiger partial charge on any atom is 0.305 e. The minimum atomic E-state index is -1.25. The Bertz CT molecular complexity index is 261. The Morgan fingerprint density at radius 1 is 1.00 bits per heavy atom. The minimum absolute atomic E-state index is 0.357. The van der Waals surface area contributed by atoms with Gasteiger partial charge in [0.05, 0.1) is 5.60 Å². The zero-order chi connectivity index (χ0) is 13.7. The molecule has 0 rings (SSSR count). The largest absolute Gasteiger partial charge is 0.423 e. The van der Waals surface area contributed by atoms with Crippen molar-refractivity contribution in [1.82, 2.24) is 0 Å². The SMILES string of the molecule is CC(=O)OC(C)(CCCC(C)(C)O)OC(C)=O. The van der Waals surface area contributed by atoms with Crippen molar-refractivity contribution in [2.45, 2.75) is 65.3 Å². The Balaban J connectivity index is 4.38. The van der Waals surface area contributed by atoms with Crippen molar-refractivity contribution in [3.8, 4) is 0 Å². The van der Waals surface area contributed by atoms with Gasteiger partial charge in [0.2, 0.25) is 0 Å². The lowest BCUT2D eigenvalue weighted by atomic mass is 9.99. The molecular formula is C12H22O5. The van der Waals surface area contributed by atoms with Crippen molar-refractivity contribution < 1.29 is 24.2 Å². The van der Waals surface area contributed by atoms with E-state index in [1.54, 1.807) is 20.8 Å². The Morgan fingerprint density at radius 2 is 1.41 bits per heavy atom. The lowest BCUT2D eigenvalue weighted by molar-refractivity contribution is -0.222. The summed E-state index contributed by atoms with van der Waals surface area (Å²) in [5, 5.41) is 9.56. The molecule has 0 radical (unpaired) electrons. The van der Waals surface area contributed by atoms with Crippen molar-refractivity contribution >= 4 is 11.9 Å². The Kier molecular flexibility index (Phi) is 5.61. The third kappa shape index (κ3) is 8.68. The topological polar surface area (TPSA) is 72.8 Å². The summed E-state index contributed by atoms with van der Waals surface area (Å²) in [5.41, 5.74) is -0.784. The van der Waals surface area contributed by atoms with E-state index in [4.69, 9.17) is 9.47 Å². The van der Waals surface area contributed by atoms with Crippen LogP contribution in [-0.2, 0) is 19.1 Å². The molecule has 100 valence electrons. The first-order valence-corrected chi connectivity index (χ1v) is 5.66. The molecule has 0 heterocycles. The number of aliphatic hydroxyl groups is 1. The van der Waals surface area contributed by atoms with Crippen LogP contribution in [0.4, 0.5) is 0 Å². The molecule has 0 aliphatic carbocycles. The highest BCUT2D eigenvalue weighted by Crippen LogP contribution is 2.23. The summed E-state index contributed by atoms with van der Waals surface area (Å²) in [4.78, 5) is 21.9. The molecule has 0 aromatic heterocycles. The normalized spacial score (nSPS) is 12.1. The van der Waals surface area contributed by atoms with Crippen molar-refractivity contribution in [2.24, 2.45) is 0 Å². The summed E-state index contributed by atoms with van der Waals surface area (Å²) < 4.78 is 10.00. The number of esters is 2. The molecule has 0 fully saturated rings. The van der Waals surface area contributed by atoms with E-state index in [0.29, 0.717) is 19.3 Å². The van der Waals surface area contributed by atoms with Gasteiger partial charge in [-0.3, -0.25) is 9.59 Å². The van der Waals surface area contributed by atoms with Gasteiger partial charge in [0, 0.05) is 27.2 Å². The van der Waals surface area contributed by atoms with Gasteiger partial charge in [-0.15, -0.1) is 0 Å². The van der Waals surface area contributed by atoms with E-state index >= 15 is 0 Å². The first kappa shape index (κ1) is 15.9. The molecule has 0 atom stereocenters. The van der Waals surface area contributed by atoms with E-state index in [2.05, 4.69) is 0 Å². The van der Waals surface area contributed by atoms with Gasteiger partial charge in [-0.1, -0.05) is 0 Å².